The van der Waals surface area contributed by atoms with Crippen LogP contribution >= 0.6 is 0 Å². The van der Waals surface area contributed by atoms with Crippen LogP contribution in [0, 0.1) is 0 Å². The van der Waals surface area contributed by atoms with Crippen molar-refractivity contribution in [3.8, 4) is 11.5 Å². The number of methoxy groups -OCH3 is 1. The van der Waals surface area contributed by atoms with Crippen LogP contribution in [0.15, 0.2) is 53.6 Å². The summed E-state index contributed by atoms with van der Waals surface area (Å²) in [5, 5.41) is 16.5. The van der Waals surface area contributed by atoms with Crippen LogP contribution < -0.4 is 15.5 Å². The molecule has 0 radical (unpaired) electrons. The summed E-state index contributed by atoms with van der Waals surface area (Å²) >= 11 is 0. The summed E-state index contributed by atoms with van der Waals surface area (Å²) in [6, 6.07) is 14.2. The number of nitrogens with zero attached hydrogens (tertiary/aromatic N) is 1. The number of phenols is 1. The van der Waals surface area contributed by atoms with Crippen molar-refractivity contribution < 1.29 is 14.6 Å². The van der Waals surface area contributed by atoms with Gasteiger partial charge in [-0.15, -0.1) is 0 Å². The van der Waals surface area contributed by atoms with E-state index >= 15 is 0 Å². The van der Waals surface area contributed by atoms with Crippen molar-refractivity contribution in [3.63, 3.8) is 0 Å². The number of nitrogens with one attached hydrogen (secondary N) is 2. The number of phenolic OH excluding ortho intramolecular Hbond substituents is 1. The van der Waals surface area contributed by atoms with Crippen molar-refractivity contribution >= 4 is 17.8 Å². The Bertz CT molecular complexity index is 657. The third-order valence-corrected chi connectivity index (χ3v) is 2.86. The Hall–Kier alpha value is -3.02. The molecular weight excluding hydrogens is 282 g/mol. The van der Waals surface area contributed by atoms with Crippen molar-refractivity contribution in [1.82, 2.24) is 5.43 Å². The number of ether oxygens (including phenoxy) is 1. The lowest BCUT2D eigenvalue weighted by Crippen LogP contribution is -2.25. The number of hydrogen-bond donors (Lipinski definition) is 3. The fourth-order valence-corrected chi connectivity index (χ4v) is 1.71. The number of anilines is 1. The maximum absolute atomic E-state index is 11.6. The molecule has 1 amide bonds. The van der Waals surface area contributed by atoms with Gasteiger partial charge in [-0.1, -0.05) is 18.2 Å². The van der Waals surface area contributed by atoms with Crippen molar-refractivity contribution in [3.05, 3.63) is 54.1 Å². The second-order valence-electron chi connectivity index (χ2n) is 4.44. The SMILES string of the molecule is COc1ccc(/C=N\NC(=O)CNc2ccccc2)c(O)c1. The van der Waals surface area contributed by atoms with Gasteiger partial charge in [-0.3, -0.25) is 4.79 Å². The Morgan fingerprint density at radius 2 is 2.05 bits per heavy atom. The summed E-state index contributed by atoms with van der Waals surface area (Å²) in [7, 11) is 1.52. The van der Waals surface area contributed by atoms with Gasteiger partial charge in [0.2, 0.25) is 0 Å². The van der Waals surface area contributed by atoms with Gasteiger partial charge in [0, 0.05) is 17.3 Å². The fraction of sp³-hybridized carbons (Fsp3) is 0.125. The van der Waals surface area contributed by atoms with E-state index in [0.717, 1.165) is 5.69 Å². The number of rotatable bonds is 6. The summed E-state index contributed by atoms with van der Waals surface area (Å²) in [4.78, 5) is 11.6. The molecule has 0 fully saturated rings. The molecule has 3 N–H and O–H groups in total. The molecule has 2 rings (SSSR count). The molecule has 6 nitrogen and oxygen atoms in total. The van der Waals surface area contributed by atoms with Crippen LogP contribution in [0.5, 0.6) is 11.5 Å². The van der Waals surface area contributed by atoms with Crippen LogP contribution in [-0.2, 0) is 4.79 Å². The third kappa shape index (κ3) is 4.52. The van der Waals surface area contributed by atoms with Gasteiger partial charge in [0.1, 0.15) is 11.5 Å². The first-order chi connectivity index (χ1) is 10.7. The quantitative estimate of drug-likeness (QED) is 0.562. The van der Waals surface area contributed by atoms with E-state index in [9.17, 15) is 9.90 Å². The number of carbonyl (C=O) groups is 1. The summed E-state index contributed by atoms with van der Waals surface area (Å²) in [5.74, 6) is 0.290. The zero-order valence-corrected chi connectivity index (χ0v) is 12.1. The fourth-order valence-electron chi connectivity index (χ4n) is 1.71. The summed E-state index contributed by atoms with van der Waals surface area (Å²) < 4.78 is 4.98. The number of amides is 1. The van der Waals surface area contributed by atoms with E-state index in [-0.39, 0.29) is 18.2 Å². The molecule has 0 spiro atoms. The molecule has 0 aliphatic heterocycles. The maximum Gasteiger partial charge on any atom is 0.259 e. The molecule has 0 unspecified atom stereocenters. The van der Waals surface area contributed by atoms with Crippen molar-refractivity contribution in [2.75, 3.05) is 19.0 Å². The first-order valence-corrected chi connectivity index (χ1v) is 6.67. The number of hydrogen-bond acceptors (Lipinski definition) is 5. The van der Waals surface area contributed by atoms with E-state index in [4.69, 9.17) is 4.74 Å². The van der Waals surface area contributed by atoms with E-state index < -0.39 is 0 Å². The Labute approximate surface area is 128 Å². The number of carbonyl (C=O) groups excluding carboxylic acids is 1. The predicted molar refractivity (Wildman–Crippen MR) is 85.3 cm³/mol. The number of aromatic hydroxyl groups is 1. The Morgan fingerprint density at radius 3 is 2.73 bits per heavy atom. The minimum Gasteiger partial charge on any atom is -0.507 e. The zero-order chi connectivity index (χ0) is 15.8. The molecular formula is C16H17N3O3. The van der Waals surface area contributed by atoms with Crippen LogP contribution in [0.2, 0.25) is 0 Å². The second kappa shape index (κ2) is 7.68. The highest BCUT2D eigenvalue weighted by Gasteiger charge is 2.01. The molecule has 0 atom stereocenters. The van der Waals surface area contributed by atoms with Gasteiger partial charge in [0.05, 0.1) is 19.9 Å². The van der Waals surface area contributed by atoms with Gasteiger partial charge in [-0.2, -0.15) is 5.10 Å². The van der Waals surface area contributed by atoms with Crippen molar-refractivity contribution in [1.29, 1.82) is 0 Å². The van der Waals surface area contributed by atoms with Gasteiger partial charge in [0.25, 0.3) is 5.91 Å². The normalized spacial score (nSPS) is 10.4. The smallest absolute Gasteiger partial charge is 0.259 e. The van der Waals surface area contributed by atoms with Gasteiger partial charge >= 0.3 is 0 Å². The van der Waals surface area contributed by atoms with Crippen molar-refractivity contribution in [2.24, 2.45) is 5.10 Å². The van der Waals surface area contributed by atoms with Crippen molar-refractivity contribution in [2.45, 2.75) is 0 Å². The predicted octanol–water partition coefficient (Wildman–Crippen LogP) is 1.96. The van der Waals surface area contributed by atoms with Gasteiger partial charge in [-0.05, 0) is 24.3 Å². The average molecular weight is 299 g/mol. The lowest BCUT2D eigenvalue weighted by atomic mass is 10.2. The largest absolute Gasteiger partial charge is 0.507 e. The molecule has 0 aliphatic rings. The lowest BCUT2D eigenvalue weighted by Gasteiger charge is -2.05. The van der Waals surface area contributed by atoms with Crippen LogP contribution in [0.1, 0.15) is 5.56 Å². The molecule has 2 aromatic carbocycles. The summed E-state index contributed by atoms with van der Waals surface area (Å²) in [5.41, 5.74) is 3.72. The molecule has 114 valence electrons. The van der Waals surface area contributed by atoms with Crippen LogP contribution in [0.3, 0.4) is 0 Å². The molecule has 6 heteroatoms. The highest BCUT2D eigenvalue weighted by Crippen LogP contribution is 2.21. The molecule has 0 bridgehead atoms. The minimum absolute atomic E-state index is 0.0276. The topological polar surface area (TPSA) is 83.0 Å². The van der Waals surface area contributed by atoms with Gasteiger partial charge < -0.3 is 15.2 Å². The van der Waals surface area contributed by atoms with Gasteiger partial charge in [0.15, 0.2) is 0 Å². The first-order valence-electron chi connectivity index (χ1n) is 6.67. The minimum atomic E-state index is -0.284. The number of hydrazone groups is 1. The van der Waals surface area contributed by atoms with E-state index in [1.54, 1.807) is 12.1 Å². The zero-order valence-electron chi connectivity index (χ0n) is 12.1. The highest BCUT2D eigenvalue weighted by molar-refractivity contribution is 5.86. The maximum atomic E-state index is 11.6. The van der Waals surface area contributed by atoms with Crippen LogP contribution in [-0.4, -0.2) is 30.9 Å². The summed E-state index contributed by atoms with van der Waals surface area (Å²) in [6.07, 6.45) is 1.37. The molecule has 0 saturated heterocycles. The van der Waals surface area contributed by atoms with E-state index in [0.29, 0.717) is 11.3 Å². The number of para-hydroxylation sites is 1. The van der Waals surface area contributed by atoms with E-state index in [1.807, 2.05) is 30.3 Å². The van der Waals surface area contributed by atoms with Crippen LogP contribution in [0.25, 0.3) is 0 Å². The van der Waals surface area contributed by atoms with E-state index in [1.165, 1.54) is 19.4 Å². The average Bonchev–Trinajstić information content (AvgIpc) is 2.55. The molecule has 22 heavy (non-hydrogen) atoms. The molecule has 0 saturated carbocycles. The monoisotopic (exact) mass is 299 g/mol. The third-order valence-electron chi connectivity index (χ3n) is 2.86. The van der Waals surface area contributed by atoms with E-state index in [2.05, 4.69) is 15.8 Å². The first kappa shape index (κ1) is 15.4. The molecule has 0 heterocycles. The lowest BCUT2D eigenvalue weighted by molar-refractivity contribution is -0.119. The Balaban J connectivity index is 1.83. The summed E-state index contributed by atoms with van der Waals surface area (Å²) in [6.45, 7) is 0.107. The van der Waals surface area contributed by atoms with Crippen LogP contribution in [0.4, 0.5) is 5.69 Å². The Morgan fingerprint density at radius 1 is 1.27 bits per heavy atom. The standard InChI is InChI=1S/C16H17N3O3/c1-22-14-8-7-12(15(20)9-14)10-18-19-16(21)11-17-13-5-3-2-4-6-13/h2-10,17,20H,11H2,1H3,(H,19,21)/b18-10-. The molecule has 2 aromatic rings. The van der Waals surface area contributed by atoms with Gasteiger partial charge in [-0.25, -0.2) is 5.43 Å². The Kier molecular flexibility index (Phi) is 5.37. The second-order valence-corrected chi connectivity index (χ2v) is 4.44. The number of benzene rings is 2. The highest BCUT2D eigenvalue weighted by atomic mass is 16.5. The molecule has 0 aliphatic carbocycles. The molecule has 0 aromatic heterocycles.